The lowest BCUT2D eigenvalue weighted by Crippen LogP contribution is -2.79. The highest BCUT2D eigenvalue weighted by Gasteiger charge is 2.56. The predicted molar refractivity (Wildman–Crippen MR) is 112 cm³/mol. The maximum absolute atomic E-state index is 12.5. The zero-order valence-corrected chi connectivity index (χ0v) is 17.9. The Morgan fingerprint density at radius 3 is 2.41 bits per heavy atom. The van der Waals surface area contributed by atoms with Gasteiger partial charge in [-0.15, -0.1) is 4.41 Å². The van der Waals surface area contributed by atoms with Gasteiger partial charge in [-0.25, -0.2) is 15.4 Å². The third-order valence-electron chi connectivity index (χ3n) is 4.64. The summed E-state index contributed by atoms with van der Waals surface area (Å²) in [5, 5.41) is 12.5. The summed E-state index contributed by atoms with van der Waals surface area (Å²) in [4.78, 5) is 62.0. The molecule has 1 aromatic carbocycles. The number of rotatable bonds is 8. The summed E-state index contributed by atoms with van der Waals surface area (Å²) >= 11 is 0. The first-order valence-corrected chi connectivity index (χ1v) is 10.8. The molecule has 0 saturated carbocycles. The molecule has 4 amide bonds. The average molecular weight is 494 g/mol. The van der Waals surface area contributed by atoms with Gasteiger partial charge in [-0.05, 0) is 5.56 Å². The third kappa shape index (κ3) is 4.81. The number of nitrogens with zero attached hydrogens (tertiary/aromatic N) is 1. The molecule has 1 atom stereocenters. The van der Waals surface area contributed by atoms with E-state index in [4.69, 9.17) is 15.7 Å². The Bertz CT molecular complexity index is 1310. The van der Waals surface area contributed by atoms with Crippen molar-refractivity contribution >= 4 is 34.0 Å². The number of aromatic nitrogens is 1. The van der Waals surface area contributed by atoms with Crippen molar-refractivity contribution in [3.63, 3.8) is 0 Å². The Morgan fingerprint density at radius 2 is 1.88 bits per heavy atom. The fraction of sp³-hybridized carbons (Fsp3) is 0.167. The molecule has 7 N–H and O–H groups in total. The standard InChI is InChI=1S/C18H18N6O9S/c19-24(34(31,32)23-16(28)18(22-17(29)30)9-21-15(18)27)14(26)11-6-12(25)13(7-20-11)33-8-10-4-2-1-3-5-10/h1-7,22H,8-9,19H2,(H,20,25)(H,21,27)(H,23,28)(H,29,30). The lowest BCUT2D eigenvalue weighted by atomic mass is 9.90. The minimum absolute atomic E-state index is 0.0559. The molecule has 0 spiro atoms. The molecule has 3 rings (SSSR count). The molecule has 1 aromatic heterocycles. The summed E-state index contributed by atoms with van der Waals surface area (Å²) in [7, 11) is -5.10. The quantitative estimate of drug-likeness (QED) is 0.0760. The second kappa shape index (κ2) is 9.20. The van der Waals surface area contributed by atoms with Crippen molar-refractivity contribution in [1.82, 2.24) is 24.8 Å². The van der Waals surface area contributed by atoms with E-state index in [-0.39, 0.29) is 16.8 Å². The molecule has 180 valence electrons. The fourth-order valence-corrected chi connectivity index (χ4v) is 3.60. The van der Waals surface area contributed by atoms with Crippen LogP contribution in [0, 0.1) is 0 Å². The van der Waals surface area contributed by atoms with Crippen LogP contribution in [0.25, 0.3) is 0 Å². The molecule has 34 heavy (non-hydrogen) atoms. The zero-order valence-electron chi connectivity index (χ0n) is 17.1. The van der Waals surface area contributed by atoms with Crippen LogP contribution in [0.2, 0.25) is 0 Å². The van der Waals surface area contributed by atoms with Crippen LogP contribution in [0.4, 0.5) is 4.79 Å². The van der Waals surface area contributed by atoms with Crippen LogP contribution in [-0.2, 0) is 26.4 Å². The van der Waals surface area contributed by atoms with Gasteiger partial charge in [0.2, 0.25) is 11.0 Å². The van der Waals surface area contributed by atoms with Crippen molar-refractivity contribution in [2.45, 2.75) is 12.1 Å². The summed E-state index contributed by atoms with van der Waals surface area (Å²) in [6, 6.07) is 9.62. The minimum atomic E-state index is -5.10. The largest absolute Gasteiger partial charge is 0.483 e. The average Bonchev–Trinajstić information content (AvgIpc) is 2.79. The fourth-order valence-electron chi connectivity index (χ4n) is 2.77. The zero-order chi connectivity index (χ0) is 25.1. The van der Waals surface area contributed by atoms with Crippen LogP contribution >= 0.6 is 0 Å². The monoisotopic (exact) mass is 494 g/mol. The highest BCUT2D eigenvalue weighted by molar-refractivity contribution is 7.88. The molecule has 1 fully saturated rings. The highest BCUT2D eigenvalue weighted by Crippen LogP contribution is 2.15. The van der Waals surface area contributed by atoms with E-state index >= 15 is 0 Å². The number of benzene rings is 1. The van der Waals surface area contributed by atoms with Crippen molar-refractivity contribution in [2.75, 3.05) is 6.54 Å². The number of aromatic amines is 1. The number of hydrogen-bond acceptors (Lipinski definition) is 9. The van der Waals surface area contributed by atoms with Gasteiger partial charge >= 0.3 is 16.3 Å². The number of pyridine rings is 1. The van der Waals surface area contributed by atoms with E-state index in [0.29, 0.717) is 0 Å². The lowest BCUT2D eigenvalue weighted by Gasteiger charge is -2.38. The smallest absolute Gasteiger partial charge is 0.405 e. The van der Waals surface area contributed by atoms with Crippen molar-refractivity contribution < 1.29 is 37.4 Å². The van der Waals surface area contributed by atoms with E-state index in [1.54, 1.807) is 35.6 Å². The number of β-lactam (4-membered cyclic amide) rings is 1. The summed E-state index contributed by atoms with van der Waals surface area (Å²) in [5.41, 5.74) is -2.97. The number of nitrogens with one attached hydrogen (secondary N) is 4. The molecule has 15 nitrogen and oxygen atoms in total. The number of H-pyrrole nitrogens is 1. The van der Waals surface area contributed by atoms with Gasteiger partial charge in [0.15, 0.2) is 5.75 Å². The van der Waals surface area contributed by atoms with E-state index < -0.39 is 57.2 Å². The summed E-state index contributed by atoms with van der Waals surface area (Å²) in [5.74, 6) is 1.05. The summed E-state index contributed by atoms with van der Waals surface area (Å²) in [6.45, 7) is -0.476. The topological polar surface area (TPSA) is 230 Å². The number of carbonyl (C=O) groups excluding carboxylic acids is 3. The van der Waals surface area contributed by atoms with E-state index in [1.807, 2.05) is 0 Å². The SMILES string of the molecule is NN(C(=O)c1cc(=O)c(OCc2ccccc2)c[nH]1)S(=O)(=O)NC(=O)C1(NC(=O)O)CNC1=O. The molecule has 1 aliphatic heterocycles. The predicted octanol–water partition coefficient (Wildman–Crippen LogP) is -2.23. The van der Waals surface area contributed by atoms with Crippen LogP contribution in [-0.4, -0.2) is 58.8 Å². The van der Waals surface area contributed by atoms with E-state index in [2.05, 4.69) is 10.3 Å². The second-order valence-corrected chi connectivity index (χ2v) is 8.45. The maximum atomic E-state index is 12.5. The van der Waals surface area contributed by atoms with Gasteiger partial charge in [0.05, 0.1) is 6.54 Å². The van der Waals surface area contributed by atoms with E-state index in [9.17, 15) is 32.4 Å². The van der Waals surface area contributed by atoms with Crippen molar-refractivity contribution in [1.29, 1.82) is 0 Å². The van der Waals surface area contributed by atoms with Gasteiger partial charge in [-0.3, -0.25) is 24.5 Å². The molecule has 1 aliphatic rings. The molecule has 0 aliphatic carbocycles. The third-order valence-corrected chi connectivity index (χ3v) is 5.76. The first kappa shape index (κ1) is 24.2. The van der Waals surface area contributed by atoms with Gasteiger partial charge in [0.1, 0.15) is 12.3 Å². The highest BCUT2D eigenvalue weighted by atomic mass is 32.2. The number of carboxylic acid groups (broad SMARTS) is 1. The van der Waals surface area contributed by atoms with Gasteiger partial charge in [0, 0.05) is 12.3 Å². The molecule has 2 aromatic rings. The van der Waals surface area contributed by atoms with E-state index in [0.717, 1.165) is 17.8 Å². The van der Waals surface area contributed by atoms with Crippen molar-refractivity contribution in [3.8, 4) is 5.75 Å². The molecule has 1 unspecified atom stereocenters. The normalized spacial score (nSPS) is 17.0. The van der Waals surface area contributed by atoms with Gasteiger partial charge < -0.3 is 20.1 Å². The van der Waals surface area contributed by atoms with Gasteiger partial charge in [-0.1, -0.05) is 30.3 Å². The van der Waals surface area contributed by atoms with Crippen LogP contribution in [0.5, 0.6) is 5.75 Å². The Balaban J connectivity index is 1.71. The van der Waals surface area contributed by atoms with Gasteiger partial charge in [-0.2, -0.15) is 8.42 Å². The Hall–Kier alpha value is -4.44. The lowest BCUT2D eigenvalue weighted by molar-refractivity contribution is -0.144. The number of carbonyl (C=O) groups is 4. The van der Waals surface area contributed by atoms with Crippen LogP contribution in [0.3, 0.4) is 0 Å². The van der Waals surface area contributed by atoms with Crippen molar-refractivity contribution in [3.05, 3.63) is 64.1 Å². The van der Waals surface area contributed by atoms with Crippen molar-refractivity contribution in [2.24, 2.45) is 5.84 Å². The molecule has 1 saturated heterocycles. The summed E-state index contributed by atoms with van der Waals surface area (Å²) in [6.07, 6.45) is -0.739. The maximum Gasteiger partial charge on any atom is 0.405 e. The number of nitrogens with two attached hydrogens (primary N) is 1. The Morgan fingerprint density at radius 1 is 1.21 bits per heavy atom. The molecule has 0 bridgehead atoms. The number of hydrazine groups is 1. The molecular formula is C18H18N6O9S. The Labute approximate surface area is 191 Å². The number of ether oxygens (including phenoxy) is 1. The molecule has 0 radical (unpaired) electrons. The number of hydrogen-bond donors (Lipinski definition) is 6. The number of amides is 4. The Kier molecular flexibility index (Phi) is 6.55. The van der Waals surface area contributed by atoms with Gasteiger partial charge in [0.25, 0.3) is 17.7 Å². The molecule has 16 heteroatoms. The minimum Gasteiger partial charge on any atom is -0.483 e. The van der Waals surface area contributed by atoms with Crippen LogP contribution in [0.1, 0.15) is 16.1 Å². The van der Waals surface area contributed by atoms with E-state index in [1.165, 1.54) is 4.72 Å². The second-order valence-electron chi connectivity index (χ2n) is 6.90. The summed E-state index contributed by atoms with van der Waals surface area (Å²) < 4.78 is 31.1. The van der Waals surface area contributed by atoms with Crippen LogP contribution < -0.4 is 31.4 Å². The molecular weight excluding hydrogens is 476 g/mol. The first-order chi connectivity index (χ1) is 16.0. The molecule has 2 heterocycles. The first-order valence-electron chi connectivity index (χ1n) is 9.31. The van der Waals surface area contributed by atoms with Crippen LogP contribution in [0.15, 0.2) is 47.4 Å².